The van der Waals surface area contributed by atoms with Gasteiger partial charge in [-0.15, -0.1) is 0 Å². The molecular weight excluding hydrogens is 371 g/mol. The van der Waals surface area contributed by atoms with Gasteiger partial charge in [0.1, 0.15) is 23.4 Å². The van der Waals surface area contributed by atoms with Crippen molar-refractivity contribution in [3.05, 3.63) is 95.3 Å². The lowest BCUT2D eigenvalue weighted by atomic mass is 10.1. The third kappa shape index (κ3) is 5.56. The van der Waals surface area contributed by atoms with Crippen LogP contribution >= 0.6 is 0 Å². The number of carbonyl (C=O) groups is 1. The monoisotopic (exact) mass is 390 g/mol. The molecule has 146 valence electrons. The van der Waals surface area contributed by atoms with Crippen molar-refractivity contribution in [1.29, 1.82) is 5.26 Å². The Balaban J connectivity index is 1.59. The third-order valence-electron chi connectivity index (χ3n) is 4.38. The van der Waals surface area contributed by atoms with Crippen LogP contribution in [-0.4, -0.2) is 22.6 Å². The van der Waals surface area contributed by atoms with E-state index in [4.69, 9.17) is 10.00 Å². The van der Waals surface area contributed by atoms with Crippen LogP contribution in [0.4, 0.5) is 9.18 Å². The van der Waals surface area contributed by atoms with Gasteiger partial charge in [0.05, 0.1) is 5.56 Å². The van der Waals surface area contributed by atoms with E-state index in [0.29, 0.717) is 31.0 Å². The standard InChI is InChI=1S/C23H19FN2O3/c24-22-14-21(11-8-19(22)15-25)29-20-9-6-17(7-10-20)12-13-26(23(27)28)16-18-4-2-1-3-5-18/h1-11,14H,12-13,16H2,(H,27,28). The lowest BCUT2D eigenvalue weighted by Gasteiger charge is -2.19. The summed E-state index contributed by atoms with van der Waals surface area (Å²) >= 11 is 0. The summed E-state index contributed by atoms with van der Waals surface area (Å²) in [7, 11) is 0. The smallest absolute Gasteiger partial charge is 0.407 e. The second kappa shape index (κ2) is 9.38. The maximum Gasteiger partial charge on any atom is 0.407 e. The van der Waals surface area contributed by atoms with Crippen molar-refractivity contribution < 1.29 is 19.0 Å². The van der Waals surface area contributed by atoms with E-state index >= 15 is 0 Å². The van der Waals surface area contributed by atoms with Crippen LogP contribution in [0.3, 0.4) is 0 Å². The van der Waals surface area contributed by atoms with Gasteiger partial charge in [0, 0.05) is 19.2 Å². The first-order valence-corrected chi connectivity index (χ1v) is 9.03. The van der Waals surface area contributed by atoms with Crippen molar-refractivity contribution in [2.45, 2.75) is 13.0 Å². The molecule has 0 fully saturated rings. The number of hydrogen-bond donors (Lipinski definition) is 1. The Morgan fingerprint density at radius 3 is 2.31 bits per heavy atom. The number of rotatable bonds is 7. The van der Waals surface area contributed by atoms with Crippen molar-refractivity contribution in [2.24, 2.45) is 0 Å². The molecule has 3 aromatic carbocycles. The predicted molar refractivity (Wildman–Crippen MR) is 106 cm³/mol. The van der Waals surface area contributed by atoms with Gasteiger partial charge in [-0.05, 0) is 41.8 Å². The van der Waals surface area contributed by atoms with Gasteiger partial charge in [-0.25, -0.2) is 9.18 Å². The Hall–Kier alpha value is -3.85. The summed E-state index contributed by atoms with van der Waals surface area (Å²) in [6.07, 6.45) is -0.401. The van der Waals surface area contributed by atoms with Crippen LogP contribution in [0.1, 0.15) is 16.7 Å². The highest BCUT2D eigenvalue weighted by Crippen LogP contribution is 2.24. The van der Waals surface area contributed by atoms with E-state index in [-0.39, 0.29) is 5.56 Å². The van der Waals surface area contributed by atoms with Crippen LogP contribution in [-0.2, 0) is 13.0 Å². The summed E-state index contributed by atoms with van der Waals surface area (Å²) < 4.78 is 19.3. The average molecular weight is 390 g/mol. The molecule has 0 radical (unpaired) electrons. The molecule has 0 saturated heterocycles. The summed E-state index contributed by atoms with van der Waals surface area (Å²) in [6.45, 7) is 0.701. The largest absolute Gasteiger partial charge is 0.465 e. The number of benzene rings is 3. The van der Waals surface area contributed by atoms with Crippen LogP contribution in [0.25, 0.3) is 0 Å². The first-order chi connectivity index (χ1) is 14.0. The number of nitriles is 1. The van der Waals surface area contributed by atoms with Gasteiger partial charge in [0.2, 0.25) is 0 Å². The van der Waals surface area contributed by atoms with Crippen LogP contribution < -0.4 is 4.74 Å². The minimum atomic E-state index is -0.961. The highest BCUT2D eigenvalue weighted by Gasteiger charge is 2.12. The molecule has 0 aliphatic heterocycles. The van der Waals surface area contributed by atoms with Crippen molar-refractivity contribution in [3.8, 4) is 17.6 Å². The van der Waals surface area contributed by atoms with Crippen molar-refractivity contribution >= 4 is 6.09 Å². The molecule has 0 saturated carbocycles. The van der Waals surface area contributed by atoms with E-state index < -0.39 is 11.9 Å². The molecule has 6 heteroatoms. The molecule has 3 rings (SSSR count). The fraction of sp³-hybridized carbons (Fsp3) is 0.130. The van der Waals surface area contributed by atoms with Gasteiger partial charge >= 0.3 is 6.09 Å². The summed E-state index contributed by atoms with van der Waals surface area (Å²) in [5.74, 6) is 0.195. The molecule has 5 nitrogen and oxygen atoms in total. The van der Waals surface area contributed by atoms with Crippen LogP contribution in [0.5, 0.6) is 11.5 Å². The number of amides is 1. The molecule has 0 aliphatic rings. The molecule has 0 aliphatic carbocycles. The van der Waals surface area contributed by atoms with Gasteiger partial charge in [0.25, 0.3) is 0 Å². The molecule has 0 atom stereocenters. The van der Waals surface area contributed by atoms with Gasteiger partial charge in [-0.2, -0.15) is 5.26 Å². The Labute approximate surface area is 168 Å². The number of halogens is 1. The predicted octanol–water partition coefficient (Wildman–Crippen LogP) is 5.21. The van der Waals surface area contributed by atoms with Crippen LogP contribution in [0.2, 0.25) is 0 Å². The first-order valence-electron chi connectivity index (χ1n) is 9.03. The van der Waals surface area contributed by atoms with E-state index in [0.717, 1.165) is 11.1 Å². The molecule has 0 bridgehead atoms. The van der Waals surface area contributed by atoms with Crippen molar-refractivity contribution in [3.63, 3.8) is 0 Å². The maximum absolute atomic E-state index is 13.7. The fourth-order valence-electron chi connectivity index (χ4n) is 2.82. The molecular formula is C23H19FN2O3. The van der Waals surface area contributed by atoms with Gasteiger partial charge in [-0.3, -0.25) is 0 Å². The molecule has 3 aromatic rings. The summed E-state index contributed by atoms with van der Waals surface area (Å²) in [5, 5.41) is 18.2. The minimum Gasteiger partial charge on any atom is -0.465 e. The molecule has 0 heterocycles. The number of carboxylic acid groups (broad SMARTS) is 1. The lowest BCUT2D eigenvalue weighted by molar-refractivity contribution is 0.143. The highest BCUT2D eigenvalue weighted by atomic mass is 19.1. The quantitative estimate of drug-likeness (QED) is 0.601. The van der Waals surface area contributed by atoms with Gasteiger partial charge in [-0.1, -0.05) is 42.5 Å². The zero-order valence-electron chi connectivity index (χ0n) is 15.6. The lowest BCUT2D eigenvalue weighted by Crippen LogP contribution is -2.30. The normalized spacial score (nSPS) is 10.2. The van der Waals surface area contributed by atoms with Gasteiger partial charge in [0.15, 0.2) is 0 Å². The number of nitrogens with zero attached hydrogens (tertiary/aromatic N) is 2. The molecule has 0 unspecified atom stereocenters. The highest BCUT2D eigenvalue weighted by molar-refractivity contribution is 5.65. The van der Waals surface area contributed by atoms with E-state index in [1.165, 1.54) is 23.1 Å². The molecule has 29 heavy (non-hydrogen) atoms. The molecule has 0 spiro atoms. The van der Waals surface area contributed by atoms with E-state index in [9.17, 15) is 14.3 Å². The molecule has 1 N–H and O–H groups in total. The second-order valence-electron chi connectivity index (χ2n) is 6.44. The number of ether oxygens (including phenoxy) is 1. The zero-order chi connectivity index (χ0) is 20.6. The third-order valence-corrected chi connectivity index (χ3v) is 4.38. The topological polar surface area (TPSA) is 73.6 Å². The Morgan fingerprint density at radius 1 is 1.00 bits per heavy atom. The van der Waals surface area contributed by atoms with E-state index in [1.807, 2.05) is 42.5 Å². The number of hydrogen-bond acceptors (Lipinski definition) is 3. The summed E-state index contributed by atoms with van der Waals surface area (Å²) in [4.78, 5) is 12.9. The van der Waals surface area contributed by atoms with Crippen LogP contribution in [0, 0.1) is 17.1 Å². The zero-order valence-corrected chi connectivity index (χ0v) is 15.6. The Kier molecular flexibility index (Phi) is 6.43. The maximum atomic E-state index is 13.7. The molecule has 0 aromatic heterocycles. The minimum absolute atomic E-state index is 0.0359. The van der Waals surface area contributed by atoms with E-state index in [2.05, 4.69) is 0 Å². The fourth-order valence-corrected chi connectivity index (χ4v) is 2.82. The van der Waals surface area contributed by atoms with Crippen molar-refractivity contribution in [1.82, 2.24) is 4.90 Å². The van der Waals surface area contributed by atoms with Gasteiger partial charge < -0.3 is 14.7 Å². The Bertz CT molecular complexity index is 1010. The molecule has 1 amide bonds. The summed E-state index contributed by atoms with van der Waals surface area (Å²) in [5.41, 5.74) is 1.86. The van der Waals surface area contributed by atoms with Crippen molar-refractivity contribution in [2.75, 3.05) is 6.54 Å². The van der Waals surface area contributed by atoms with E-state index in [1.54, 1.807) is 18.2 Å². The second-order valence-corrected chi connectivity index (χ2v) is 6.44. The average Bonchev–Trinajstić information content (AvgIpc) is 2.73. The summed E-state index contributed by atoms with van der Waals surface area (Å²) in [6, 6.07) is 22.5. The Morgan fingerprint density at radius 2 is 1.69 bits per heavy atom. The van der Waals surface area contributed by atoms with Crippen LogP contribution in [0.15, 0.2) is 72.8 Å². The SMILES string of the molecule is N#Cc1ccc(Oc2ccc(CCN(Cc3ccccc3)C(=O)O)cc2)cc1F. The first kappa shape index (κ1) is 19.9.